The number of aromatic nitrogens is 3. The SMILES string of the molecule is O=C1c2cnn(Cc3c(F)cccc3F)c2CCN1c1cc(F)ncc1Cl. The lowest BCUT2D eigenvalue weighted by molar-refractivity contribution is 0.0980. The molecular weight excluding hydrogens is 381 g/mol. The molecule has 9 heteroatoms. The molecule has 0 spiro atoms. The van der Waals surface area contributed by atoms with Crippen LogP contribution in [0.3, 0.4) is 0 Å². The van der Waals surface area contributed by atoms with Gasteiger partial charge in [-0.05, 0) is 12.1 Å². The van der Waals surface area contributed by atoms with Gasteiger partial charge >= 0.3 is 0 Å². The molecular formula is C18H12ClF3N4O. The number of rotatable bonds is 3. The van der Waals surface area contributed by atoms with Gasteiger partial charge in [-0.25, -0.2) is 13.8 Å². The zero-order valence-corrected chi connectivity index (χ0v) is 14.6. The van der Waals surface area contributed by atoms with Crippen molar-refractivity contribution in [1.29, 1.82) is 0 Å². The van der Waals surface area contributed by atoms with Crippen LogP contribution in [0.2, 0.25) is 5.02 Å². The number of hydrogen-bond acceptors (Lipinski definition) is 3. The van der Waals surface area contributed by atoms with Crippen molar-refractivity contribution in [3.8, 4) is 0 Å². The van der Waals surface area contributed by atoms with Crippen molar-refractivity contribution in [2.45, 2.75) is 13.0 Å². The van der Waals surface area contributed by atoms with Crippen LogP contribution >= 0.6 is 11.6 Å². The number of hydrogen-bond donors (Lipinski definition) is 0. The van der Waals surface area contributed by atoms with Crippen molar-refractivity contribution < 1.29 is 18.0 Å². The highest BCUT2D eigenvalue weighted by atomic mass is 35.5. The minimum atomic E-state index is -0.751. The summed E-state index contributed by atoms with van der Waals surface area (Å²) in [5, 5.41) is 4.26. The number of fused-ring (bicyclic) bond motifs is 1. The highest BCUT2D eigenvalue weighted by molar-refractivity contribution is 6.34. The number of halogens is 4. The molecule has 0 saturated carbocycles. The van der Waals surface area contributed by atoms with E-state index in [0.29, 0.717) is 12.1 Å². The average molecular weight is 393 g/mol. The van der Waals surface area contributed by atoms with E-state index < -0.39 is 23.5 Å². The van der Waals surface area contributed by atoms with Gasteiger partial charge in [-0.2, -0.15) is 9.49 Å². The fraction of sp³-hybridized carbons (Fsp3) is 0.167. The van der Waals surface area contributed by atoms with Crippen molar-refractivity contribution in [2.75, 3.05) is 11.4 Å². The maximum absolute atomic E-state index is 13.9. The average Bonchev–Trinajstić information content (AvgIpc) is 3.05. The third-order valence-electron chi connectivity index (χ3n) is 4.46. The molecule has 0 aliphatic carbocycles. The molecule has 0 N–H and O–H groups in total. The molecule has 0 atom stereocenters. The smallest absolute Gasteiger partial charge is 0.261 e. The summed E-state index contributed by atoms with van der Waals surface area (Å²) in [6.07, 6.45) is 2.85. The van der Waals surface area contributed by atoms with Crippen LogP contribution in [0.5, 0.6) is 0 Å². The molecule has 3 heterocycles. The number of benzene rings is 1. The fourth-order valence-electron chi connectivity index (χ4n) is 3.13. The molecule has 0 saturated heterocycles. The van der Waals surface area contributed by atoms with E-state index in [1.165, 1.54) is 34.0 Å². The van der Waals surface area contributed by atoms with Crippen LogP contribution in [0.15, 0.2) is 36.7 Å². The lowest BCUT2D eigenvalue weighted by atomic mass is 10.1. The molecule has 0 radical (unpaired) electrons. The summed E-state index contributed by atoms with van der Waals surface area (Å²) >= 11 is 6.04. The molecule has 138 valence electrons. The molecule has 1 amide bonds. The second kappa shape index (κ2) is 6.70. The first-order valence-electron chi connectivity index (χ1n) is 8.06. The third kappa shape index (κ3) is 3.06. The molecule has 4 rings (SSSR count). The maximum atomic E-state index is 13.9. The van der Waals surface area contributed by atoms with Gasteiger partial charge in [0, 0.05) is 24.6 Å². The summed E-state index contributed by atoms with van der Waals surface area (Å²) < 4.78 is 42.7. The lowest BCUT2D eigenvalue weighted by Gasteiger charge is -2.28. The van der Waals surface area contributed by atoms with Crippen molar-refractivity contribution in [3.63, 3.8) is 0 Å². The van der Waals surface area contributed by atoms with Crippen LogP contribution in [0, 0.1) is 17.6 Å². The Morgan fingerprint density at radius 3 is 2.63 bits per heavy atom. The summed E-state index contributed by atoms with van der Waals surface area (Å²) in [6.45, 7) is 0.0895. The van der Waals surface area contributed by atoms with Crippen molar-refractivity contribution in [2.24, 2.45) is 0 Å². The van der Waals surface area contributed by atoms with E-state index in [9.17, 15) is 18.0 Å². The Morgan fingerprint density at radius 2 is 1.89 bits per heavy atom. The van der Waals surface area contributed by atoms with Crippen LogP contribution in [0.1, 0.15) is 21.6 Å². The summed E-state index contributed by atoms with van der Waals surface area (Å²) in [6, 6.07) is 4.71. The summed E-state index contributed by atoms with van der Waals surface area (Å²) in [5.74, 6) is -2.52. The van der Waals surface area contributed by atoms with E-state index >= 15 is 0 Å². The Balaban J connectivity index is 1.67. The molecule has 0 fully saturated rings. The van der Waals surface area contributed by atoms with E-state index in [1.54, 1.807) is 0 Å². The van der Waals surface area contributed by atoms with Crippen LogP contribution in [0.4, 0.5) is 18.9 Å². The predicted octanol–water partition coefficient (Wildman–Crippen LogP) is 3.60. The van der Waals surface area contributed by atoms with Crippen LogP contribution in [-0.4, -0.2) is 27.2 Å². The number of carbonyl (C=O) groups excluding carboxylic acids is 1. The van der Waals surface area contributed by atoms with Crippen molar-refractivity contribution in [1.82, 2.24) is 14.8 Å². The Kier molecular flexibility index (Phi) is 4.35. The van der Waals surface area contributed by atoms with Gasteiger partial charge < -0.3 is 4.90 Å². The number of pyridine rings is 1. The van der Waals surface area contributed by atoms with Gasteiger partial charge in [-0.1, -0.05) is 17.7 Å². The van der Waals surface area contributed by atoms with E-state index in [2.05, 4.69) is 10.1 Å². The molecule has 1 aromatic carbocycles. The fourth-order valence-corrected chi connectivity index (χ4v) is 3.33. The highest BCUT2D eigenvalue weighted by Crippen LogP contribution is 2.30. The van der Waals surface area contributed by atoms with Gasteiger partial charge in [0.05, 0.1) is 40.9 Å². The molecule has 3 aromatic rings. The minimum absolute atomic E-state index is 0.127. The Bertz CT molecular complexity index is 1030. The molecule has 5 nitrogen and oxygen atoms in total. The third-order valence-corrected chi connectivity index (χ3v) is 4.75. The van der Waals surface area contributed by atoms with Gasteiger partial charge in [-0.15, -0.1) is 0 Å². The number of carbonyl (C=O) groups is 1. The second-order valence-corrected chi connectivity index (χ2v) is 6.44. The van der Waals surface area contributed by atoms with Crippen LogP contribution < -0.4 is 4.90 Å². The van der Waals surface area contributed by atoms with Gasteiger partial charge in [0.2, 0.25) is 5.95 Å². The molecule has 2 aromatic heterocycles. The Labute approximate surface area is 157 Å². The number of amides is 1. The number of nitrogens with zero attached hydrogens (tertiary/aromatic N) is 4. The molecule has 0 unspecified atom stereocenters. The van der Waals surface area contributed by atoms with E-state index in [-0.39, 0.29) is 34.9 Å². The highest BCUT2D eigenvalue weighted by Gasteiger charge is 2.30. The lowest BCUT2D eigenvalue weighted by Crippen LogP contribution is -2.38. The molecule has 1 aliphatic rings. The molecule has 1 aliphatic heterocycles. The molecule has 27 heavy (non-hydrogen) atoms. The van der Waals surface area contributed by atoms with Gasteiger partial charge in [0.25, 0.3) is 5.91 Å². The predicted molar refractivity (Wildman–Crippen MR) is 92.3 cm³/mol. The first-order valence-corrected chi connectivity index (χ1v) is 8.44. The topological polar surface area (TPSA) is 51.0 Å². The monoisotopic (exact) mass is 392 g/mol. The van der Waals surface area contributed by atoms with Crippen molar-refractivity contribution in [3.05, 3.63) is 76.1 Å². The maximum Gasteiger partial charge on any atom is 0.261 e. The first-order chi connectivity index (χ1) is 13.0. The largest absolute Gasteiger partial charge is 0.306 e. The van der Waals surface area contributed by atoms with Gasteiger partial charge in [-0.3, -0.25) is 9.48 Å². The van der Waals surface area contributed by atoms with Crippen LogP contribution in [-0.2, 0) is 13.0 Å². The number of anilines is 1. The Morgan fingerprint density at radius 1 is 1.15 bits per heavy atom. The normalized spacial score (nSPS) is 13.8. The summed E-state index contributed by atoms with van der Waals surface area (Å²) in [7, 11) is 0. The van der Waals surface area contributed by atoms with E-state index in [1.807, 2.05) is 0 Å². The van der Waals surface area contributed by atoms with Gasteiger partial charge in [0.15, 0.2) is 0 Å². The summed E-state index contributed by atoms with van der Waals surface area (Å²) in [5.41, 5.74) is 0.932. The summed E-state index contributed by atoms with van der Waals surface area (Å²) in [4.78, 5) is 17.6. The second-order valence-electron chi connectivity index (χ2n) is 6.03. The van der Waals surface area contributed by atoms with E-state index in [0.717, 1.165) is 12.3 Å². The molecule has 0 bridgehead atoms. The minimum Gasteiger partial charge on any atom is -0.306 e. The quantitative estimate of drug-likeness (QED) is 0.640. The zero-order valence-electron chi connectivity index (χ0n) is 13.8. The first kappa shape index (κ1) is 17.5. The Hall–Kier alpha value is -2.87. The van der Waals surface area contributed by atoms with Crippen LogP contribution in [0.25, 0.3) is 0 Å². The zero-order chi connectivity index (χ0) is 19.1. The van der Waals surface area contributed by atoms with Crippen molar-refractivity contribution >= 4 is 23.2 Å². The standard InChI is InChI=1S/C18H12ClF3N4O/c19-12-8-23-17(22)6-16(12)25-5-4-15-10(18(25)27)7-24-26(15)9-11-13(20)2-1-3-14(11)21/h1-3,6-8H,4-5,9H2. The van der Waals surface area contributed by atoms with E-state index in [4.69, 9.17) is 11.6 Å². The van der Waals surface area contributed by atoms with Gasteiger partial charge in [0.1, 0.15) is 11.6 Å².